The molecular weight excluding hydrogens is 264 g/mol. The van der Waals surface area contributed by atoms with E-state index in [-0.39, 0.29) is 0 Å². The first-order valence-electron chi connectivity index (χ1n) is 8.00. The van der Waals surface area contributed by atoms with Crippen molar-refractivity contribution in [3.63, 3.8) is 0 Å². The lowest BCUT2D eigenvalue weighted by atomic mass is 9.96. The quantitative estimate of drug-likeness (QED) is 0.904. The highest BCUT2D eigenvalue weighted by molar-refractivity contribution is 5.64. The van der Waals surface area contributed by atoms with E-state index in [9.17, 15) is 0 Å². The molecular formula is C17H26N2O2. The van der Waals surface area contributed by atoms with Crippen LogP contribution in [0.25, 0.3) is 0 Å². The molecule has 3 rings (SSSR count). The van der Waals surface area contributed by atoms with Gasteiger partial charge in [-0.1, -0.05) is 6.92 Å². The second-order valence-electron chi connectivity index (χ2n) is 6.06. The molecule has 1 aromatic carbocycles. The Morgan fingerprint density at radius 2 is 1.86 bits per heavy atom. The van der Waals surface area contributed by atoms with Crippen LogP contribution in [0.1, 0.15) is 32.6 Å². The summed E-state index contributed by atoms with van der Waals surface area (Å²) in [5, 5.41) is 3.63. The van der Waals surface area contributed by atoms with Gasteiger partial charge in [0.25, 0.3) is 0 Å². The van der Waals surface area contributed by atoms with E-state index in [1.807, 2.05) is 12.1 Å². The summed E-state index contributed by atoms with van der Waals surface area (Å²) in [6, 6.07) is 8.01. The first-order chi connectivity index (χ1) is 10.3. The minimum absolute atomic E-state index is 0.619. The van der Waals surface area contributed by atoms with Gasteiger partial charge in [0.05, 0.1) is 19.9 Å². The summed E-state index contributed by atoms with van der Waals surface area (Å²) in [6.07, 6.45) is 5.02. The highest BCUT2D eigenvalue weighted by atomic mass is 16.5. The molecule has 2 atom stereocenters. The Morgan fingerprint density at radius 1 is 1.14 bits per heavy atom. The fourth-order valence-electron chi connectivity index (χ4n) is 4.02. The van der Waals surface area contributed by atoms with Crippen LogP contribution in [0.5, 0.6) is 11.5 Å². The van der Waals surface area contributed by atoms with Gasteiger partial charge in [-0.05, 0) is 44.4 Å². The number of piperidine rings is 1. The lowest BCUT2D eigenvalue weighted by molar-refractivity contribution is 0.353. The summed E-state index contributed by atoms with van der Waals surface area (Å²) in [4.78, 5) is 2.58. The zero-order chi connectivity index (χ0) is 14.8. The van der Waals surface area contributed by atoms with Crippen LogP contribution in [0.4, 0.5) is 5.69 Å². The van der Waals surface area contributed by atoms with Gasteiger partial charge in [-0.2, -0.15) is 0 Å². The zero-order valence-corrected chi connectivity index (χ0v) is 13.3. The van der Waals surface area contributed by atoms with Gasteiger partial charge in [0, 0.05) is 24.2 Å². The van der Waals surface area contributed by atoms with Gasteiger partial charge in [0.2, 0.25) is 0 Å². The van der Waals surface area contributed by atoms with Crippen LogP contribution in [-0.2, 0) is 0 Å². The van der Waals surface area contributed by atoms with E-state index in [0.29, 0.717) is 18.1 Å². The maximum absolute atomic E-state index is 5.58. The summed E-state index contributed by atoms with van der Waals surface area (Å²) in [5.74, 6) is 1.86. The number of methoxy groups -OCH3 is 2. The van der Waals surface area contributed by atoms with Crippen LogP contribution < -0.4 is 19.7 Å². The smallest absolute Gasteiger partial charge is 0.142 e. The van der Waals surface area contributed by atoms with E-state index >= 15 is 0 Å². The minimum atomic E-state index is 0.619. The van der Waals surface area contributed by atoms with Crippen molar-refractivity contribution < 1.29 is 9.47 Å². The molecule has 2 fully saturated rings. The topological polar surface area (TPSA) is 33.7 Å². The highest BCUT2D eigenvalue weighted by Crippen LogP contribution is 2.44. The molecule has 4 nitrogen and oxygen atoms in total. The molecule has 116 valence electrons. The fourth-order valence-corrected chi connectivity index (χ4v) is 4.02. The molecule has 2 aliphatic heterocycles. The van der Waals surface area contributed by atoms with E-state index in [1.165, 1.54) is 31.4 Å². The van der Waals surface area contributed by atoms with Crippen LogP contribution in [0.3, 0.4) is 0 Å². The minimum Gasteiger partial charge on any atom is -0.497 e. The Labute approximate surface area is 127 Å². The summed E-state index contributed by atoms with van der Waals surface area (Å²) in [7, 11) is 3.47. The van der Waals surface area contributed by atoms with E-state index in [1.54, 1.807) is 14.2 Å². The van der Waals surface area contributed by atoms with Crippen molar-refractivity contribution >= 4 is 5.69 Å². The van der Waals surface area contributed by atoms with Crippen LogP contribution in [0, 0.1) is 0 Å². The largest absolute Gasteiger partial charge is 0.497 e. The number of fused-ring (bicyclic) bond motifs is 2. The Bertz CT molecular complexity index is 478. The number of rotatable bonds is 5. The fraction of sp³-hybridized carbons (Fsp3) is 0.647. The number of anilines is 1. The normalized spacial score (nSPS) is 27.8. The predicted octanol–water partition coefficient (Wildman–Crippen LogP) is 2.81. The molecule has 2 saturated heterocycles. The van der Waals surface area contributed by atoms with Gasteiger partial charge in [-0.25, -0.2) is 0 Å². The zero-order valence-electron chi connectivity index (χ0n) is 13.3. The van der Waals surface area contributed by atoms with Crippen molar-refractivity contribution in [1.29, 1.82) is 0 Å². The van der Waals surface area contributed by atoms with Gasteiger partial charge in [0.15, 0.2) is 0 Å². The van der Waals surface area contributed by atoms with Gasteiger partial charge in [-0.15, -0.1) is 0 Å². The third-order valence-corrected chi connectivity index (χ3v) is 4.89. The number of ether oxygens (including phenoxy) is 2. The molecule has 0 saturated carbocycles. The monoisotopic (exact) mass is 290 g/mol. The number of hydrogen-bond acceptors (Lipinski definition) is 4. The molecule has 2 unspecified atom stereocenters. The molecule has 0 spiro atoms. The maximum atomic E-state index is 5.58. The summed E-state index contributed by atoms with van der Waals surface area (Å²) < 4.78 is 11.0. The Morgan fingerprint density at radius 3 is 2.43 bits per heavy atom. The lowest BCUT2D eigenvalue weighted by Gasteiger charge is -2.41. The van der Waals surface area contributed by atoms with E-state index in [0.717, 1.165) is 18.0 Å². The number of nitrogens with zero attached hydrogens (tertiary/aromatic N) is 1. The molecule has 2 bridgehead atoms. The highest BCUT2D eigenvalue weighted by Gasteiger charge is 2.41. The van der Waals surface area contributed by atoms with Crippen LogP contribution in [0.2, 0.25) is 0 Å². The van der Waals surface area contributed by atoms with Crippen molar-refractivity contribution in [2.45, 2.75) is 50.7 Å². The molecule has 0 aliphatic carbocycles. The molecule has 0 amide bonds. The third-order valence-electron chi connectivity index (χ3n) is 4.89. The third kappa shape index (κ3) is 2.69. The van der Waals surface area contributed by atoms with Gasteiger partial charge >= 0.3 is 0 Å². The van der Waals surface area contributed by atoms with Gasteiger partial charge < -0.3 is 19.7 Å². The van der Waals surface area contributed by atoms with Gasteiger partial charge in [-0.3, -0.25) is 0 Å². The average molecular weight is 290 g/mol. The summed E-state index contributed by atoms with van der Waals surface area (Å²) in [5.41, 5.74) is 1.19. The second kappa shape index (κ2) is 6.14. The van der Waals surface area contributed by atoms with Crippen molar-refractivity contribution in [3.8, 4) is 11.5 Å². The van der Waals surface area contributed by atoms with E-state index < -0.39 is 0 Å². The molecule has 1 aromatic rings. The molecule has 2 aliphatic rings. The maximum Gasteiger partial charge on any atom is 0.142 e. The lowest BCUT2D eigenvalue weighted by Crippen LogP contribution is -2.49. The summed E-state index contributed by atoms with van der Waals surface area (Å²) in [6.45, 7) is 3.26. The SMILES string of the molecule is CCNC1CC2CCC(C1)N2c1cc(OC)ccc1OC. The number of benzene rings is 1. The Kier molecular flexibility index (Phi) is 4.24. The van der Waals surface area contributed by atoms with Crippen molar-refractivity contribution in [1.82, 2.24) is 5.32 Å². The first-order valence-corrected chi connectivity index (χ1v) is 8.00. The summed E-state index contributed by atoms with van der Waals surface area (Å²) >= 11 is 0. The molecule has 1 N–H and O–H groups in total. The second-order valence-corrected chi connectivity index (χ2v) is 6.06. The number of hydrogen-bond donors (Lipinski definition) is 1. The standard InChI is InChI=1S/C17H26N2O2/c1-4-18-12-9-13-5-6-14(10-12)19(13)16-11-15(20-2)7-8-17(16)21-3/h7-8,11-14,18H,4-6,9-10H2,1-3H3. The Balaban J connectivity index is 1.88. The molecule has 0 aromatic heterocycles. The van der Waals surface area contributed by atoms with Crippen molar-refractivity contribution in [2.75, 3.05) is 25.7 Å². The van der Waals surface area contributed by atoms with Crippen molar-refractivity contribution in [3.05, 3.63) is 18.2 Å². The molecule has 0 radical (unpaired) electrons. The molecule has 21 heavy (non-hydrogen) atoms. The van der Waals surface area contributed by atoms with Crippen LogP contribution >= 0.6 is 0 Å². The van der Waals surface area contributed by atoms with Crippen molar-refractivity contribution in [2.24, 2.45) is 0 Å². The van der Waals surface area contributed by atoms with E-state index in [2.05, 4.69) is 23.2 Å². The van der Waals surface area contributed by atoms with Crippen LogP contribution in [-0.4, -0.2) is 38.9 Å². The molecule has 2 heterocycles. The molecule has 4 heteroatoms. The Hall–Kier alpha value is -1.42. The van der Waals surface area contributed by atoms with Crippen LogP contribution in [0.15, 0.2) is 18.2 Å². The van der Waals surface area contributed by atoms with E-state index in [4.69, 9.17) is 9.47 Å². The average Bonchev–Trinajstić information content (AvgIpc) is 2.77. The first kappa shape index (κ1) is 14.5. The predicted molar refractivity (Wildman–Crippen MR) is 85.5 cm³/mol. The van der Waals surface area contributed by atoms with Gasteiger partial charge in [0.1, 0.15) is 11.5 Å². The number of nitrogens with one attached hydrogen (secondary N) is 1.